The Morgan fingerprint density at radius 3 is 2.40 bits per heavy atom. The van der Waals surface area contributed by atoms with Gasteiger partial charge in [-0.2, -0.15) is 0 Å². The Morgan fingerprint density at radius 2 is 1.85 bits per heavy atom. The van der Waals surface area contributed by atoms with E-state index in [1.807, 2.05) is 24.3 Å². The van der Waals surface area contributed by atoms with Crippen LogP contribution in [0.5, 0.6) is 11.5 Å². The van der Waals surface area contributed by atoms with Crippen LogP contribution < -0.4 is 14.8 Å². The fraction of sp³-hybridized carbons (Fsp3) is 0.533. The van der Waals surface area contributed by atoms with Crippen LogP contribution in [0.25, 0.3) is 0 Å². The summed E-state index contributed by atoms with van der Waals surface area (Å²) in [4.78, 5) is 11.6. The van der Waals surface area contributed by atoms with Crippen LogP contribution in [0.15, 0.2) is 24.3 Å². The third-order valence-electron chi connectivity index (χ3n) is 2.86. The van der Waals surface area contributed by atoms with Crippen molar-refractivity contribution >= 4 is 5.97 Å². The van der Waals surface area contributed by atoms with Crippen molar-refractivity contribution in [3.8, 4) is 11.5 Å². The van der Waals surface area contributed by atoms with Gasteiger partial charge >= 0.3 is 5.97 Å². The molecule has 0 aliphatic rings. The molecule has 5 heteroatoms. The standard InChI is InChI=1S/C15H23NO4/c1-4-10-16-14(15(17)19-3)9-11-20-13-7-5-12(18-2)6-8-13/h5-8,14,16H,4,9-11H2,1-3H3. The zero-order valence-corrected chi connectivity index (χ0v) is 12.3. The van der Waals surface area contributed by atoms with Gasteiger partial charge in [-0.1, -0.05) is 6.92 Å². The molecule has 0 aromatic heterocycles. The van der Waals surface area contributed by atoms with E-state index in [1.54, 1.807) is 7.11 Å². The van der Waals surface area contributed by atoms with Gasteiger partial charge in [-0.05, 0) is 37.2 Å². The summed E-state index contributed by atoms with van der Waals surface area (Å²) in [7, 11) is 3.02. The zero-order valence-electron chi connectivity index (χ0n) is 12.3. The molecule has 5 nitrogen and oxygen atoms in total. The molecule has 0 bridgehead atoms. The van der Waals surface area contributed by atoms with E-state index in [-0.39, 0.29) is 12.0 Å². The first-order chi connectivity index (χ1) is 9.71. The van der Waals surface area contributed by atoms with Crippen LogP contribution in [0, 0.1) is 0 Å². The van der Waals surface area contributed by atoms with E-state index in [4.69, 9.17) is 14.2 Å². The van der Waals surface area contributed by atoms with Crippen molar-refractivity contribution in [3.63, 3.8) is 0 Å². The molecule has 1 rings (SSSR count). The van der Waals surface area contributed by atoms with Crippen molar-refractivity contribution < 1.29 is 19.0 Å². The molecule has 1 aromatic rings. The van der Waals surface area contributed by atoms with E-state index in [2.05, 4.69) is 12.2 Å². The highest BCUT2D eigenvalue weighted by Crippen LogP contribution is 2.17. The number of esters is 1. The summed E-state index contributed by atoms with van der Waals surface area (Å²) in [5.74, 6) is 1.29. The average molecular weight is 281 g/mol. The highest BCUT2D eigenvalue weighted by Gasteiger charge is 2.17. The topological polar surface area (TPSA) is 56.8 Å². The first-order valence-electron chi connectivity index (χ1n) is 6.79. The summed E-state index contributed by atoms with van der Waals surface area (Å²) in [6.07, 6.45) is 1.53. The van der Waals surface area contributed by atoms with Crippen LogP contribution in [0.1, 0.15) is 19.8 Å². The van der Waals surface area contributed by atoms with E-state index < -0.39 is 0 Å². The fourth-order valence-corrected chi connectivity index (χ4v) is 1.73. The number of hydrogen-bond donors (Lipinski definition) is 1. The fourth-order valence-electron chi connectivity index (χ4n) is 1.73. The van der Waals surface area contributed by atoms with Gasteiger partial charge in [0.25, 0.3) is 0 Å². The minimum absolute atomic E-state index is 0.253. The van der Waals surface area contributed by atoms with Crippen molar-refractivity contribution in [3.05, 3.63) is 24.3 Å². The molecule has 0 saturated heterocycles. The van der Waals surface area contributed by atoms with Gasteiger partial charge in [0, 0.05) is 6.42 Å². The van der Waals surface area contributed by atoms with Crippen molar-refractivity contribution in [2.24, 2.45) is 0 Å². The maximum atomic E-state index is 11.6. The van der Waals surface area contributed by atoms with Gasteiger partial charge in [-0.3, -0.25) is 4.79 Å². The second-order valence-electron chi connectivity index (χ2n) is 4.34. The number of ether oxygens (including phenoxy) is 3. The average Bonchev–Trinajstić information content (AvgIpc) is 2.50. The maximum absolute atomic E-state index is 11.6. The number of hydrogen-bond acceptors (Lipinski definition) is 5. The van der Waals surface area contributed by atoms with Gasteiger partial charge in [0.1, 0.15) is 17.5 Å². The molecule has 0 spiro atoms. The Balaban J connectivity index is 2.40. The molecule has 0 amide bonds. The van der Waals surface area contributed by atoms with Gasteiger partial charge < -0.3 is 19.5 Å². The number of rotatable bonds is 9. The molecule has 0 heterocycles. The minimum Gasteiger partial charge on any atom is -0.497 e. The smallest absolute Gasteiger partial charge is 0.322 e. The Bertz CT molecular complexity index is 391. The molecule has 1 unspecified atom stereocenters. The lowest BCUT2D eigenvalue weighted by molar-refractivity contribution is -0.143. The lowest BCUT2D eigenvalue weighted by atomic mass is 10.2. The van der Waals surface area contributed by atoms with E-state index >= 15 is 0 Å². The van der Waals surface area contributed by atoms with Crippen LogP contribution in [-0.2, 0) is 9.53 Å². The van der Waals surface area contributed by atoms with E-state index in [9.17, 15) is 4.79 Å². The first kappa shape index (κ1) is 16.3. The van der Waals surface area contributed by atoms with Gasteiger partial charge in [0.15, 0.2) is 0 Å². The summed E-state index contributed by atoms with van der Waals surface area (Å²) in [5, 5.41) is 3.15. The molecular formula is C15H23NO4. The van der Waals surface area contributed by atoms with Gasteiger partial charge in [-0.25, -0.2) is 0 Å². The van der Waals surface area contributed by atoms with Crippen molar-refractivity contribution in [2.45, 2.75) is 25.8 Å². The summed E-state index contributed by atoms with van der Waals surface area (Å²) in [6, 6.07) is 7.03. The monoisotopic (exact) mass is 281 g/mol. The quantitative estimate of drug-likeness (QED) is 0.702. The van der Waals surface area contributed by atoms with E-state index in [0.29, 0.717) is 13.0 Å². The molecule has 0 aliphatic carbocycles. The number of carbonyl (C=O) groups is 1. The predicted molar refractivity (Wildman–Crippen MR) is 77.2 cm³/mol. The normalized spacial score (nSPS) is 11.8. The third-order valence-corrected chi connectivity index (χ3v) is 2.86. The van der Waals surface area contributed by atoms with Crippen LogP contribution in [0.3, 0.4) is 0 Å². The lowest BCUT2D eigenvalue weighted by Crippen LogP contribution is -2.39. The van der Waals surface area contributed by atoms with Crippen LogP contribution >= 0.6 is 0 Å². The van der Waals surface area contributed by atoms with Crippen LogP contribution in [-0.4, -0.2) is 39.4 Å². The van der Waals surface area contributed by atoms with E-state index in [0.717, 1.165) is 24.5 Å². The van der Waals surface area contributed by atoms with Gasteiger partial charge in [0.2, 0.25) is 0 Å². The molecule has 0 saturated carbocycles. The highest BCUT2D eigenvalue weighted by molar-refractivity contribution is 5.75. The van der Waals surface area contributed by atoms with Crippen molar-refractivity contribution in [1.82, 2.24) is 5.32 Å². The summed E-state index contributed by atoms with van der Waals surface area (Å²) < 4.78 is 15.5. The minimum atomic E-state index is -0.321. The second-order valence-corrected chi connectivity index (χ2v) is 4.34. The highest BCUT2D eigenvalue weighted by atomic mass is 16.5. The largest absolute Gasteiger partial charge is 0.497 e. The SMILES string of the molecule is CCCNC(CCOc1ccc(OC)cc1)C(=O)OC. The molecule has 1 aromatic carbocycles. The molecule has 20 heavy (non-hydrogen) atoms. The Kier molecular flexibility index (Phi) is 7.50. The Labute approximate surface area is 120 Å². The Hall–Kier alpha value is -1.75. The number of carbonyl (C=O) groups excluding carboxylic acids is 1. The number of benzene rings is 1. The Morgan fingerprint density at radius 1 is 1.20 bits per heavy atom. The second kappa shape index (κ2) is 9.20. The van der Waals surface area contributed by atoms with Gasteiger partial charge in [-0.15, -0.1) is 0 Å². The van der Waals surface area contributed by atoms with E-state index in [1.165, 1.54) is 7.11 Å². The molecule has 112 valence electrons. The summed E-state index contributed by atoms with van der Waals surface area (Å²) in [6.45, 7) is 3.28. The number of methoxy groups -OCH3 is 2. The third kappa shape index (κ3) is 5.48. The molecule has 1 atom stereocenters. The van der Waals surface area contributed by atoms with Crippen LogP contribution in [0.4, 0.5) is 0 Å². The maximum Gasteiger partial charge on any atom is 0.322 e. The molecule has 1 N–H and O–H groups in total. The number of nitrogens with one attached hydrogen (secondary N) is 1. The molecule has 0 radical (unpaired) electrons. The molecule has 0 fully saturated rings. The molecule has 0 aliphatic heterocycles. The first-order valence-corrected chi connectivity index (χ1v) is 6.79. The van der Waals surface area contributed by atoms with Crippen LogP contribution in [0.2, 0.25) is 0 Å². The van der Waals surface area contributed by atoms with Crippen molar-refractivity contribution in [2.75, 3.05) is 27.4 Å². The van der Waals surface area contributed by atoms with Gasteiger partial charge in [0.05, 0.1) is 20.8 Å². The molecular weight excluding hydrogens is 258 g/mol. The zero-order chi connectivity index (χ0) is 14.8. The summed E-state index contributed by atoms with van der Waals surface area (Å²) in [5.41, 5.74) is 0. The van der Waals surface area contributed by atoms with Crippen molar-refractivity contribution in [1.29, 1.82) is 0 Å². The predicted octanol–water partition coefficient (Wildman–Crippen LogP) is 2.01. The summed E-state index contributed by atoms with van der Waals surface area (Å²) >= 11 is 0. The lowest BCUT2D eigenvalue weighted by Gasteiger charge is -2.16.